The largest absolute Gasteiger partial charge is 0.372 e. The molecule has 7 nitrogen and oxygen atoms in total. The number of nitrogens with one attached hydrogen (secondary N) is 1. The fourth-order valence-corrected chi connectivity index (χ4v) is 4.14. The van der Waals surface area contributed by atoms with Crippen molar-refractivity contribution in [1.82, 2.24) is 9.38 Å². The van der Waals surface area contributed by atoms with Crippen LogP contribution in [0.1, 0.15) is 6.42 Å². The minimum absolute atomic E-state index is 0.00846. The molecule has 3 rings (SSSR count). The summed E-state index contributed by atoms with van der Waals surface area (Å²) in [7, 11) is -0.816. The van der Waals surface area contributed by atoms with Gasteiger partial charge in [-0.05, 0) is 11.3 Å². The first-order valence-corrected chi connectivity index (χ1v) is 7.73. The van der Waals surface area contributed by atoms with Crippen LogP contribution < -0.4 is 5.32 Å². The van der Waals surface area contributed by atoms with Gasteiger partial charge in [0.15, 0.2) is 0 Å². The first kappa shape index (κ1) is 11.6. The van der Waals surface area contributed by atoms with Gasteiger partial charge < -0.3 is 15.4 Å². The van der Waals surface area contributed by atoms with Gasteiger partial charge in [0.1, 0.15) is 6.20 Å². The van der Waals surface area contributed by atoms with Crippen LogP contribution in [-0.4, -0.2) is 36.1 Å². The van der Waals surface area contributed by atoms with E-state index in [4.69, 9.17) is 0 Å². The third kappa shape index (κ3) is 1.89. The number of thiazole rings is 1. The minimum Gasteiger partial charge on any atom is -0.359 e. The molecule has 1 aliphatic heterocycles. The average Bonchev–Trinajstić information content (AvgIpc) is 2.93. The van der Waals surface area contributed by atoms with E-state index in [1.807, 2.05) is 0 Å². The Kier molecular flexibility index (Phi) is 2.78. The highest BCUT2D eigenvalue weighted by atomic mass is 32.2. The molecule has 2 aromatic rings. The van der Waals surface area contributed by atoms with Crippen molar-refractivity contribution in [1.29, 1.82) is 0 Å². The first-order valence-electron chi connectivity index (χ1n) is 5.36. The van der Waals surface area contributed by atoms with Crippen molar-refractivity contribution in [2.75, 3.05) is 16.8 Å². The Hall–Kier alpha value is -1.48. The summed E-state index contributed by atoms with van der Waals surface area (Å²) in [5.41, 5.74) is 0. The van der Waals surface area contributed by atoms with Crippen LogP contribution in [0.25, 0.3) is 4.96 Å². The summed E-state index contributed by atoms with van der Waals surface area (Å²) in [4.78, 5) is 15.4. The van der Waals surface area contributed by atoms with Crippen LogP contribution in [0.3, 0.4) is 0 Å². The molecule has 0 spiro atoms. The van der Waals surface area contributed by atoms with E-state index >= 15 is 0 Å². The smallest absolute Gasteiger partial charge is 0.359 e. The third-order valence-electron chi connectivity index (χ3n) is 2.83. The van der Waals surface area contributed by atoms with Crippen molar-refractivity contribution in [3.8, 4) is 0 Å². The molecule has 1 aliphatic rings. The standard InChI is InChI=1S/C9H10N4O3S2/c14-13(15)8-7(10-6-1-4-18(16)5-6)11-9-12(8)2-3-17-9/h2-3,6,10H,1,4-5H2/t6-,18-/m1/s1. The number of anilines is 1. The van der Waals surface area contributed by atoms with Crippen LogP contribution >= 0.6 is 11.3 Å². The molecule has 9 heteroatoms. The fraction of sp³-hybridized carbons (Fsp3) is 0.444. The van der Waals surface area contributed by atoms with Crippen LogP contribution in [0.5, 0.6) is 0 Å². The van der Waals surface area contributed by atoms with Gasteiger partial charge in [0.2, 0.25) is 5.82 Å². The van der Waals surface area contributed by atoms with Crippen molar-refractivity contribution in [2.45, 2.75) is 12.5 Å². The Morgan fingerprint density at radius 3 is 3.17 bits per heavy atom. The van der Waals surface area contributed by atoms with Crippen LogP contribution in [0.4, 0.5) is 11.6 Å². The summed E-state index contributed by atoms with van der Waals surface area (Å²) in [5.74, 6) is 1.40. The molecule has 18 heavy (non-hydrogen) atoms. The van der Waals surface area contributed by atoms with Crippen LogP contribution in [0.2, 0.25) is 0 Å². The Bertz CT molecular complexity index is 635. The summed E-state index contributed by atoms with van der Waals surface area (Å²) in [6.07, 6.45) is 2.39. The molecule has 0 saturated carbocycles. The van der Waals surface area contributed by atoms with E-state index in [1.54, 1.807) is 11.6 Å². The van der Waals surface area contributed by atoms with Crippen molar-refractivity contribution >= 4 is 38.7 Å². The van der Waals surface area contributed by atoms with Gasteiger partial charge in [-0.1, -0.05) is 11.3 Å². The summed E-state index contributed by atoms with van der Waals surface area (Å²) in [6, 6.07) is 0.00846. The monoisotopic (exact) mass is 286 g/mol. The lowest BCUT2D eigenvalue weighted by molar-refractivity contribution is -0.389. The maximum absolute atomic E-state index is 11.3. The van der Waals surface area contributed by atoms with Gasteiger partial charge in [-0.15, -0.1) is 0 Å². The number of aromatic nitrogens is 2. The predicted octanol–water partition coefficient (Wildman–Crippen LogP) is 1.24. The molecular weight excluding hydrogens is 276 g/mol. The summed E-state index contributed by atoms with van der Waals surface area (Å²) in [5, 5.41) is 15.9. The lowest BCUT2D eigenvalue weighted by atomic mass is 10.3. The van der Waals surface area contributed by atoms with Crippen LogP contribution in [0, 0.1) is 10.1 Å². The first-order chi connectivity index (χ1) is 8.65. The Balaban J connectivity index is 1.95. The van der Waals surface area contributed by atoms with E-state index in [9.17, 15) is 14.3 Å². The second-order valence-corrected chi connectivity index (χ2v) is 6.53. The summed E-state index contributed by atoms with van der Waals surface area (Å²) < 4.78 is 12.8. The molecule has 1 saturated heterocycles. The maximum atomic E-state index is 11.3. The molecule has 96 valence electrons. The number of hydrogen-bond donors (Lipinski definition) is 1. The lowest BCUT2D eigenvalue weighted by Crippen LogP contribution is -2.20. The Labute approximate surface area is 108 Å². The lowest BCUT2D eigenvalue weighted by Gasteiger charge is -2.08. The van der Waals surface area contributed by atoms with Gasteiger partial charge in [0, 0.05) is 33.7 Å². The van der Waals surface area contributed by atoms with Gasteiger partial charge in [-0.3, -0.25) is 4.21 Å². The molecule has 0 radical (unpaired) electrons. The van der Waals surface area contributed by atoms with Crippen molar-refractivity contribution in [3.63, 3.8) is 0 Å². The zero-order valence-corrected chi connectivity index (χ0v) is 10.9. The summed E-state index contributed by atoms with van der Waals surface area (Å²) in [6.45, 7) is 0. The molecule has 2 atom stereocenters. The van der Waals surface area contributed by atoms with Gasteiger partial charge in [-0.2, -0.15) is 9.38 Å². The molecular formula is C9H10N4O3S2. The molecule has 0 aromatic carbocycles. The molecule has 1 N–H and O–H groups in total. The normalized spacial score (nSPS) is 23.6. The molecule has 3 heterocycles. The van der Waals surface area contributed by atoms with Crippen LogP contribution in [0.15, 0.2) is 11.6 Å². The third-order valence-corrected chi connectivity index (χ3v) is 5.05. The zero-order chi connectivity index (χ0) is 12.7. The zero-order valence-electron chi connectivity index (χ0n) is 9.24. The van der Waals surface area contributed by atoms with E-state index in [0.29, 0.717) is 16.5 Å². The SMILES string of the molecule is O=[N+]([O-])c1c(N[C@@H]2CC[S@@](=O)C2)nc2sccn12. The number of nitro groups is 1. The Morgan fingerprint density at radius 2 is 2.50 bits per heavy atom. The van der Waals surface area contributed by atoms with Gasteiger partial charge in [0.05, 0.1) is 0 Å². The van der Waals surface area contributed by atoms with Crippen molar-refractivity contribution in [2.24, 2.45) is 0 Å². The van der Waals surface area contributed by atoms with Gasteiger partial charge in [0.25, 0.3) is 4.96 Å². The fourth-order valence-electron chi connectivity index (χ4n) is 2.02. The van der Waals surface area contributed by atoms with E-state index in [0.717, 1.165) is 6.42 Å². The quantitative estimate of drug-likeness (QED) is 0.677. The van der Waals surface area contributed by atoms with E-state index in [1.165, 1.54) is 15.7 Å². The minimum atomic E-state index is -0.816. The van der Waals surface area contributed by atoms with Gasteiger partial charge in [-0.25, -0.2) is 0 Å². The Morgan fingerprint density at radius 1 is 1.67 bits per heavy atom. The second kappa shape index (κ2) is 4.32. The van der Waals surface area contributed by atoms with E-state index < -0.39 is 15.7 Å². The predicted molar refractivity (Wildman–Crippen MR) is 69.6 cm³/mol. The van der Waals surface area contributed by atoms with Gasteiger partial charge >= 0.3 is 5.82 Å². The van der Waals surface area contributed by atoms with E-state index in [2.05, 4.69) is 10.3 Å². The maximum Gasteiger partial charge on any atom is 0.372 e. The van der Waals surface area contributed by atoms with Crippen molar-refractivity contribution in [3.05, 3.63) is 21.7 Å². The van der Waals surface area contributed by atoms with Crippen LogP contribution in [-0.2, 0) is 10.8 Å². The molecule has 0 bridgehead atoms. The summed E-state index contributed by atoms with van der Waals surface area (Å²) >= 11 is 1.35. The molecule has 0 aliphatic carbocycles. The van der Waals surface area contributed by atoms with Crippen molar-refractivity contribution < 1.29 is 9.13 Å². The number of fused-ring (bicyclic) bond motifs is 1. The topological polar surface area (TPSA) is 89.5 Å². The number of rotatable bonds is 3. The number of imidazole rings is 1. The molecule has 0 unspecified atom stereocenters. The second-order valence-electron chi connectivity index (χ2n) is 4.04. The average molecular weight is 286 g/mol. The highest BCUT2D eigenvalue weighted by molar-refractivity contribution is 7.85. The molecule has 0 amide bonds. The number of hydrogen-bond acceptors (Lipinski definition) is 6. The highest BCUT2D eigenvalue weighted by Crippen LogP contribution is 2.29. The van der Waals surface area contributed by atoms with E-state index in [-0.39, 0.29) is 17.7 Å². The highest BCUT2D eigenvalue weighted by Gasteiger charge is 2.28. The molecule has 2 aromatic heterocycles. The number of nitrogens with zero attached hydrogens (tertiary/aromatic N) is 3. The molecule has 1 fully saturated rings.